The number of aryl methyl sites for hydroxylation is 1. The van der Waals surface area contributed by atoms with Crippen LogP contribution in [-0.4, -0.2) is 31.1 Å². The van der Waals surface area contributed by atoms with E-state index in [0.717, 1.165) is 22.8 Å². The molecule has 1 unspecified atom stereocenters. The molecule has 0 aliphatic carbocycles. The Morgan fingerprint density at radius 3 is 2.68 bits per heavy atom. The largest absolute Gasteiger partial charge is 0.304 e. The monoisotopic (exact) mass is 280 g/mol. The summed E-state index contributed by atoms with van der Waals surface area (Å²) in [5.74, 6) is 0. The number of hydrogen-bond donors (Lipinski definition) is 1. The van der Waals surface area contributed by atoms with Crippen molar-refractivity contribution in [2.24, 2.45) is 7.05 Å². The Labute approximate surface area is 117 Å². The summed E-state index contributed by atoms with van der Waals surface area (Å²) < 4.78 is 5.92. The summed E-state index contributed by atoms with van der Waals surface area (Å²) >= 11 is 1.44. The quantitative estimate of drug-likeness (QED) is 0.922. The van der Waals surface area contributed by atoms with Gasteiger partial charge in [-0.15, -0.1) is 10.2 Å². The van der Waals surface area contributed by atoms with Gasteiger partial charge in [0, 0.05) is 12.5 Å². The van der Waals surface area contributed by atoms with E-state index in [2.05, 4.69) is 52.9 Å². The summed E-state index contributed by atoms with van der Waals surface area (Å²) in [6, 6.07) is 0.0409. The average Bonchev–Trinajstić information content (AvgIpc) is 2.93. The first-order chi connectivity index (χ1) is 8.95. The highest BCUT2D eigenvalue weighted by Gasteiger charge is 2.29. The van der Waals surface area contributed by atoms with Crippen molar-refractivity contribution in [2.75, 3.05) is 6.54 Å². The molecule has 0 amide bonds. The lowest BCUT2D eigenvalue weighted by molar-refractivity contribution is 0.528. The second-order valence-electron chi connectivity index (χ2n) is 5.51. The molecule has 0 radical (unpaired) electrons. The van der Waals surface area contributed by atoms with Gasteiger partial charge >= 0.3 is 0 Å². The number of rotatable bonds is 4. The van der Waals surface area contributed by atoms with Crippen molar-refractivity contribution in [3.05, 3.63) is 22.5 Å². The molecule has 0 saturated carbocycles. The topological polar surface area (TPSA) is 68.5 Å². The molecule has 0 spiro atoms. The van der Waals surface area contributed by atoms with E-state index in [4.69, 9.17) is 0 Å². The summed E-state index contributed by atoms with van der Waals surface area (Å²) in [6.07, 6.45) is 1.79. The summed E-state index contributed by atoms with van der Waals surface area (Å²) in [5.41, 5.74) is 2.03. The lowest BCUT2D eigenvalue weighted by Gasteiger charge is -2.22. The lowest BCUT2D eigenvalue weighted by atomic mass is 9.89. The van der Waals surface area contributed by atoms with Gasteiger partial charge in [-0.3, -0.25) is 4.68 Å². The molecule has 104 valence electrons. The Bertz CT molecular complexity index is 538. The zero-order chi connectivity index (χ0) is 14.0. The van der Waals surface area contributed by atoms with Gasteiger partial charge in [-0.1, -0.05) is 37.4 Å². The molecule has 2 aromatic heterocycles. The summed E-state index contributed by atoms with van der Waals surface area (Å²) in [7, 11) is 1.90. The molecule has 0 aromatic carbocycles. The zero-order valence-electron chi connectivity index (χ0n) is 12.0. The predicted molar refractivity (Wildman–Crippen MR) is 75.1 cm³/mol. The molecule has 19 heavy (non-hydrogen) atoms. The highest BCUT2D eigenvalue weighted by molar-refractivity contribution is 7.05. The van der Waals surface area contributed by atoms with Crippen LogP contribution in [0.4, 0.5) is 0 Å². The molecule has 2 aromatic rings. The maximum atomic E-state index is 4.31. The van der Waals surface area contributed by atoms with Gasteiger partial charge in [-0.25, -0.2) is 0 Å². The van der Waals surface area contributed by atoms with Gasteiger partial charge in [0.15, 0.2) is 0 Å². The van der Waals surface area contributed by atoms with Crippen molar-refractivity contribution in [2.45, 2.75) is 39.2 Å². The van der Waals surface area contributed by atoms with Crippen molar-refractivity contribution in [3.8, 4) is 0 Å². The van der Waals surface area contributed by atoms with E-state index in [-0.39, 0.29) is 11.5 Å². The van der Waals surface area contributed by atoms with E-state index in [1.807, 2.05) is 7.05 Å². The molecule has 0 bridgehead atoms. The van der Waals surface area contributed by atoms with Gasteiger partial charge in [-0.05, 0) is 18.1 Å². The van der Waals surface area contributed by atoms with E-state index in [9.17, 15) is 0 Å². The highest BCUT2D eigenvalue weighted by atomic mass is 32.1. The summed E-state index contributed by atoms with van der Waals surface area (Å²) in [4.78, 5) is 1.14. The van der Waals surface area contributed by atoms with Crippen molar-refractivity contribution < 1.29 is 0 Å². The first-order valence-electron chi connectivity index (χ1n) is 6.35. The fraction of sp³-hybridized carbons (Fsp3) is 0.667. The molecule has 0 fully saturated rings. The van der Waals surface area contributed by atoms with Crippen LogP contribution >= 0.6 is 11.5 Å². The minimum absolute atomic E-state index is 0.0258. The molecule has 2 rings (SSSR count). The third kappa shape index (κ3) is 2.82. The molecule has 1 N–H and O–H groups in total. The van der Waals surface area contributed by atoms with Gasteiger partial charge in [0.05, 0.1) is 28.5 Å². The lowest BCUT2D eigenvalue weighted by Crippen LogP contribution is -2.26. The van der Waals surface area contributed by atoms with E-state index < -0.39 is 0 Å². The van der Waals surface area contributed by atoms with Crippen molar-refractivity contribution >= 4 is 11.5 Å². The molecule has 1 atom stereocenters. The molecule has 0 saturated heterocycles. The first kappa shape index (κ1) is 14.1. The second-order valence-corrected chi connectivity index (χ2v) is 6.29. The molecule has 2 heterocycles. The van der Waals surface area contributed by atoms with E-state index in [1.54, 1.807) is 10.9 Å². The Morgan fingerprint density at radius 1 is 1.42 bits per heavy atom. The van der Waals surface area contributed by atoms with Crippen molar-refractivity contribution in [3.63, 3.8) is 0 Å². The van der Waals surface area contributed by atoms with Crippen LogP contribution in [0.2, 0.25) is 0 Å². The van der Waals surface area contributed by atoms with Gasteiger partial charge in [0.25, 0.3) is 0 Å². The Hall–Kier alpha value is -1.34. The number of hydrogen-bond acceptors (Lipinski definition) is 6. The normalized spacial score (nSPS) is 13.7. The van der Waals surface area contributed by atoms with E-state index in [0.29, 0.717) is 0 Å². The van der Waals surface area contributed by atoms with E-state index >= 15 is 0 Å². The van der Waals surface area contributed by atoms with Crippen LogP contribution in [0.25, 0.3) is 0 Å². The molecular weight excluding hydrogens is 260 g/mol. The Morgan fingerprint density at radius 2 is 2.16 bits per heavy atom. The Balaban J connectivity index is 2.46. The molecule has 0 aliphatic rings. The van der Waals surface area contributed by atoms with Crippen LogP contribution in [0.5, 0.6) is 0 Å². The van der Waals surface area contributed by atoms with Crippen LogP contribution in [0, 0.1) is 0 Å². The number of nitrogens with zero attached hydrogens (tertiary/aromatic N) is 5. The molecule has 7 heteroatoms. The summed E-state index contributed by atoms with van der Waals surface area (Å²) in [5, 5.41) is 15.8. The van der Waals surface area contributed by atoms with Gasteiger partial charge in [0.1, 0.15) is 0 Å². The van der Waals surface area contributed by atoms with Gasteiger partial charge in [-0.2, -0.15) is 0 Å². The fourth-order valence-corrected chi connectivity index (χ4v) is 2.95. The van der Waals surface area contributed by atoms with Crippen LogP contribution in [0.3, 0.4) is 0 Å². The minimum Gasteiger partial charge on any atom is -0.304 e. The standard InChI is InChI=1S/C12H20N6S/c1-6-13-9(8-7-14-16-18(8)5)10-11(12(2,3)4)15-17-19-10/h7,9,13H,6H2,1-5H3. The summed E-state index contributed by atoms with van der Waals surface area (Å²) in [6.45, 7) is 9.40. The fourth-order valence-electron chi connectivity index (χ4n) is 2.00. The average molecular weight is 280 g/mol. The maximum Gasteiger partial charge on any atom is 0.0893 e. The number of aromatic nitrogens is 5. The molecular formula is C12H20N6S. The predicted octanol–water partition coefficient (Wildman–Crippen LogP) is 1.66. The van der Waals surface area contributed by atoms with Crippen molar-refractivity contribution in [1.82, 2.24) is 29.9 Å². The van der Waals surface area contributed by atoms with Crippen LogP contribution < -0.4 is 5.32 Å². The van der Waals surface area contributed by atoms with Crippen molar-refractivity contribution in [1.29, 1.82) is 0 Å². The second kappa shape index (κ2) is 5.34. The highest BCUT2D eigenvalue weighted by Crippen LogP contribution is 2.33. The van der Waals surface area contributed by atoms with Crippen LogP contribution in [-0.2, 0) is 12.5 Å². The third-order valence-corrected chi connectivity index (χ3v) is 3.73. The molecule has 0 aliphatic heterocycles. The van der Waals surface area contributed by atoms with Gasteiger partial charge < -0.3 is 5.32 Å². The SMILES string of the molecule is CCNC(c1snnc1C(C)(C)C)c1cnnn1C. The minimum atomic E-state index is -0.0258. The first-order valence-corrected chi connectivity index (χ1v) is 7.13. The van der Waals surface area contributed by atoms with E-state index in [1.165, 1.54) is 11.5 Å². The molecule has 6 nitrogen and oxygen atoms in total. The smallest absolute Gasteiger partial charge is 0.0893 e. The third-order valence-electron chi connectivity index (χ3n) is 2.94. The zero-order valence-corrected chi connectivity index (χ0v) is 12.8. The maximum absolute atomic E-state index is 4.31. The van der Waals surface area contributed by atoms with Crippen LogP contribution in [0.1, 0.15) is 50.0 Å². The number of nitrogens with one attached hydrogen (secondary N) is 1. The Kier molecular flexibility index (Phi) is 3.96. The van der Waals surface area contributed by atoms with Crippen LogP contribution in [0.15, 0.2) is 6.20 Å². The van der Waals surface area contributed by atoms with Gasteiger partial charge in [0.2, 0.25) is 0 Å².